The van der Waals surface area contributed by atoms with Gasteiger partial charge in [0, 0.05) is 81.6 Å². The SMILES string of the molecule is CC(C)(C)OC(=O)CN1CCN(Cc2cccc(Nc3cc(-c4cnc(CN(CCNC(=O)OC(C)(C)C)C(=O)C5CC5)nc4)ccn3)c2)CC1. The van der Waals surface area contributed by atoms with E-state index < -0.39 is 17.3 Å². The number of piperazine rings is 1. The smallest absolute Gasteiger partial charge is 0.407 e. The first kappa shape index (κ1) is 37.6. The first-order chi connectivity index (χ1) is 24.2. The number of nitrogens with one attached hydrogen (secondary N) is 2. The molecule has 2 fully saturated rings. The fourth-order valence-electron chi connectivity index (χ4n) is 5.71. The van der Waals surface area contributed by atoms with Gasteiger partial charge in [-0.3, -0.25) is 19.4 Å². The Morgan fingerprint density at radius 3 is 2.22 bits per heavy atom. The van der Waals surface area contributed by atoms with Gasteiger partial charge in [-0.1, -0.05) is 12.1 Å². The van der Waals surface area contributed by atoms with Gasteiger partial charge in [-0.05, 0) is 89.8 Å². The largest absolute Gasteiger partial charge is 0.459 e. The monoisotopic (exact) mass is 700 g/mol. The molecule has 0 bridgehead atoms. The molecule has 3 heterocycles. The minimum atomic E-state index is -0.592. The standard InChI is InChI=1S/C38H52N8O5/c1-37(2,3)50-34(47)26-45-18-16-44(17-19-45)24-27-8-7-9-31(20-27)43-32-21-29(12-13-39-32)30-22-41-33(42-23-30)25-46(35(48)28-10-11-28)15-14-40-36(49)51-38(4,5)6/h7-9,12-13,20-23,28H,10-11,14-19,24-26H2,1-6H3,(H,39,43)(H,40,49). The summed E-state index contributed by atoms with van der Waals surface area (Å²) in [5.41, 5.74) is 2.81. The summed E-state index contributed by atoms with van der Waals surface area (Å²) in [6.45, 7) is 16.5. The van der Waals surface area contributed by atoms with Gasteiger partial charge in [-0.25, -0.2) is 19.7 Å². The van der Waals surface area contributed by atoms with Crippen LogP contribution in [0.4, 0.5) is 16.3 Å². The highest BCUT2D eigenvalue weighted by Gasteiger charge is 2.33. The Morgan fingerprint density at radius 1 is 0.863 bits per heavy atom. The summed E-state index contributed by atoms with van der Waals surface area (Å²) in [7, 11) is 0. The fourth-order valence-corrected chi connectivity index (χ4v) is 5.71. The van der Waals surface area contributed by atoms with Gasteiger partial charge < -0.3 is 25.0 Å². The maximum Gasteiger partial charge on any atom is 0.407 e. The summed E-state index contributed by atoms with van der Waals surface area (Å²) < 4.78 is 10.8. The minimum Gasteiger partial charge on any atom is -0.459 e. The van der Waals surface area contributed by atoms with E-state index in [4.69, 9.17) is 9.47 Å². The van der Waals surface area contributed by atoms with Crippen LogP contribution in [0.25, 0.3) is 11.1 Å². The van der Waals surface area contributed by atoms with Crippen LogP contribution in [0.5, 0.6) is 0 Å². The Balaban J connectivity index is 1.13. The normalized spacial score (nSPS) is 15.6. The van der Waals surface area contributed by atoms with Crippen LogP contribution < -0.4 is 10.6 Å². The third kappa shape index (κ3) is 12.6. The van der Waals surface area contributed by atoms with Gasteiger partial charge in [0.25, 0.3) is 0 Å². The van der Waals surface area contributed by atoms with Gasteiger partial charge >= 0.3 is 12.1 Å². The predicted octanol–water partition coefficient (Wildman–Crippen LogP) is 5.00. The summed E-state index contributed by atoms with van der Waals surface area (Å²) in [4.78, 5) is 57.2. The molecule has 3 aromatic rings. The van der Waals surface area contributed by atoms with Crippen LogP contribution in [0.3, 0.4) is 0 Å². The van der Waals surface area contributed by atoms with Crippen molar-refractivity contribution in [2.75, 3.05) is 51.1 Å². The van der Waals surface area contributed by atoms with Gasteiger partial charge in [0.15, 0.2) is 0 Å². The van der Waals surface area contributed by atoms with Crippen LogP contribution in [0.2, 0.25) is 0 Å². The Labute approximate surface area is 301 Å². The molecule has 51 heavy (non-hydrogen) atoms. The summed E-state index contributed by atoms with van der Waals surface area (Å²) >= 11 is 0. The number of carbonyl (C=O) groups is 3. The molecular weight excluding hydrogens is 648 g/mol. The van der Waals surface area contributed by atoms with Crippen molar-refractivity contribution in [1.29, 1.82) is 0 Å². The van der Waals surface area contributed by atoms with E-state index in [1.807, 2.05) is 65.8 Å². The van der Waals surface area contributed by atoms with E-state index in [1.54, 1.807) is 23.5 Å². The number of anilines is 2. The topological polar surface area (TPSA) is 142 Å². The maximum absolute atomic E-state index is 13.0. The Kier molecular flexibility index (Phi) is 12.2. The number of carbonyl (C=O) groups excluding carboxylic acids is 3. The van der Waals surface area contributed by atoms with Crippen molar-refractivity contribution in [3.8, 4) is 11.1 Å². The number of rotatable bonds is 13. The van der Waals surface area contributed by atoms with Crippen LogP contribution in [0, 0.1) is 5.92 Å². The number of nitrogens with zero attached hydrogens (tertiary/aromatic N) is 6. The molecule has 13 nitrogen and oxygen atoms in total. The molecule has 1 saturated carbocycles. The summed E-state index contributed by atoms with van der Waals surface area (Å²) in [5.74, 6) is 1.13. The third-order valence-corrected chi connectivity index (χ3v) is 8.26. The number of pyridine rings is 1. The lowest BCUT2D eigenvalue weighted by Gasteiger charge is -2.34. The highest BCUT2D eigenvalue weighted by Crippen LogP contribution is 2.31. The molecule has 1 aliphatic carbocycles. The third-order valence-electron chi connectivity index (χ3n) is 8.26. The van der Waals surface area contributed by atoms with Crippen molar-refractivity contribution >= 4 is 29.5 Å². The molecule has 0 spiro atoms. The average molecular weight is 701 g/mol. The van der Waals surface area contributed by atoms with Crippen molar-refractivity contribution in [3.05, 3.63) is 66.4 Å². The lowest BCUT2D eigenvalue weighted by Crippen LogP contribution is -2.48. The fraction of sp³-hybridized carbons (Fsp3) is 0.526. The van der Waals surface area contributed by atoms with Crippen LogP contribution >= 0.6 is 0 Å². The van der Waals surface area contributed by atoms with Crippen LogP contribution in [-0.2, 0) is 32.2 Å². The van der Waals surface area contributed by atoms with Gasteiger partial charge in [0.1, 0.15) is 22.8 Å². The van der Waals surface area contributed by atoms with Crippen molar-refractivity contribution in [3.63, 3.8) is 0 Å². The van der Waals surface area contributed by atoms with E-state index in [0.717, 1.165) is 62.4 Å². The zero-order valence-electron chi connectivity index (χ0n) is 30.8. The molecule has 274 valence electrons. The zero-order chi connectivity index (χ0) is 36.6. The number of hydrogen-bond acceptors (Lipinski definition) is 11. The van der Waals surface area contributed by atoms with Crippen molar-refractivity contribution < 1.29 is 23.9 Å². The predicted molar refractivity (Wildman–Crippen MR) is 195 cm³/mol. The number of alkyl carbamates (subject to hydrolysis) is 1. The number of amides is 2. The first-order valence-corrected chi connectivity index (χ1v) is 17.7. The van der Waals surface area contributed by atoms with Crippen molar-refractivity contribution in [2.45, 2.75) is 78.7 Å². The lowest BCUT2D eigenvalue weighted by molar-refractivity contribution is -0.156. The second kappa shape index (κ2) is 16.6. The summed E-state index contributed by atoms with van der Waals surface area (Å²) in [6.07, 6.45) is 6.52. The van der Waals surface area contributed by atoms with E-state index in [9.17, 15) is 14.4 Å². The molecular formula is C38H52N8O5. The second-order valence-corrected chi connectivity index (χ2v) is 15.2. The Hall–Kier alpha value is -4.62. The number of ether oxygens (including phenoxy) is 2. The summed E-state index contributed by atoms with van der Waals surface area (Å²) in [5, 5.41) is 6.16. The molecule has 5 rings (SSSR count). The van der Waals surface area contributed by atoms with E-state index in [0.29, 0.717) is 24.7 Å². The molecule has 1 aliphatic heterocycles. The molecule has 2 aliphatic rings. The number of esters is 1. The number of hydrogen-bond donors (Lipinski definition) is 2. The van der Waals surface area contributed by atoms with E-state index in [1.165, 1.54) is 5.56 Å². The van der Waals surface area contributed by atoms with Gasteiger partial charge in [-0.15, -0.1) is 0 Å². The number of benzene rings is 1. The van der Waals surface area contributed by atoms with E-state index in [-0.39, 0.29) is 30.9 Å². The number of aromatic nitrogens is 3. The van der Waals surface area contributed by atoms with Crippen LogP contribution in [0.1, 0.15) is 65.8 Å². The van der Waals surface area contributed by atoms with Crippen LogP contribution in [-0.4, -0.2) is 105 Å². The van der Waals surface area contributed by atoms with Gasteiger partial charge in [-0.2, -0.15) is 0 Å². The highest BCUT2D eigenvalue weighted by molar-refractivity contribution is 5.81. The zero-order valence-corrected chi connectivity index (χ0v) is 30.8. The second-order valence-electron chi connectivity index (χ2n) is 15.2. The molecule has 0 atom stereocenters. The Morgan fingerprint density at radius 2 is 1.55 bits per heavy atom. The molecule has 0 radical (unpaired) electrons. The maximum atomic E-state index is 13.0. The lowest BCUT2D eigenvalue weighted by atomic mass is 10.1. The van der Waals surface area contributed by atoms with Gasteiger partial charge in [0.05, 0.1) is 13.1 Å². The molecule has 13 heteroatoms. The van der Waals surface area contributed by atoms with Gasteiger partial charge in [0.2, 0.25) is 5.91 Å². The van der Waals surface area contributed by atoms with E-state index >= 15 is 0 Å². The molecule has 1 saturated heterocycles. The Bertz CT molecular complexity index is 1640. The van der Waals surface area contributed by atoms with Crippen molar-refractivity contribution in [2.24, 2.45) is 5.92 Å². The molecule has 0 unspecified atom stereocenters. The van der Waals surface area contributed by atoms with Crippen LogP contribution in [0.15, 0.2) is 55.0 Å². The highest BCUT2D eigenvalue weighted by atomic mass is 16.6. The molecule has 2 aromatic heterocycles. The van der Waals surface area contributed by atoms with Crippen molar-refractivity contribution in [1.82, 2.24) is 35.0 Å². The quantitative estimate of drug-likeness (QED) is 0.233. The summed E-state index contributed by atoms with van der Waals surface area (Å²) in [6, 6.07) is 12.2. The molecule has 2 amide bonds. The minimum absolute atomic E-state index is 0.0298. The average Bonchev–Trinajstić information content (AvgIpc) is 3.90. The molecule has 2 N–H and O–H groups in total. The first-order valence-electron chi connectivity index (χ1n) is 17.7. The van der Waals surface area contributed by atoms with E-state index in [2.05, 4.69) is 47.5 Å². The molecule has 1 aromatic carbocycles.